The van der Waals surface area contributed by atoms with Crippen LogP contribution in [0.3, 0.4) is 0 Å². The summed E-state index contributed by atoms with van der Waals surface area (Å²) >= 11 is 0. The van der Waals surface area contributed by atoms with Crippen molar-refractivity contribution in [1.82, 2.24) is 0 Å². The van der Waals surface area contributed by atoms with Crippen LogP contribution in [0.2, 0.25) is 0 Å². The molecule has 102 valence electrons. The van der Waals surface area contributed by atoms with Gasteiger partial charge in [-0.25, -0.2) is 0 Å². The molecule has 0 aliphatic carbocycles. The molecule has 0 radical (unpaired) electrons. The van der Waals surface area contributed by atoms with Crippen LogP contribution in [0, 0.1) is 0 Å². The van der Waals surface area contributed by atoms with Gasteiger partial charge in [-0.3, -0.25) is 0 Å². The van der Waals surface area contributed by atoms with Crippen molar-refractivity contribution < 1.29 is 9.84 Å². The third-order valence-electron chi connectivity index (χ3n) is 3.24. The second-order valence-corrected chi connectivity index (χ2v) is 5.52. The zero-order chi connectivity index (χ0) is 13.6. The maximum absolute atomic E-state index is 9.67. The topological polar surface area (TPSA) is 29.5 Å². The van der Waals surface area contributed by atoms with Crippen molar-refractivity contribution in [2.45, 2.75) is 58.5 Å². The van der Waals surface area contributed by atoms with Gasteiger partial charge in [0.15, 0.2) is 0 Å². The van der Waals surface area contributed by atoms with Gasteiger partial charge in [0.25, 0.3) is 0 Å². The van der Waals surface area contributed by atoms with Crippen LogP contribution in [0.15, 0.2) is 18.2 Å². The highest BCUT2D eigenvalue weighted by Crippen LogP contribution is 2.23. The Morgan fingerprint density at radius 3 is 2.50 bits per heavy atom. The molecule has 0 saturated carbocycles. The molecule has 0 aliphatic rings. The van der Waals surface area contributed by atoms with E-state index < -0.39 is 5.60 Å². The Hall–Kier alpha value is -1.02. The van der Waals surface area contributed by atoms with E-state index in [0.717, 1.165) is 37.9 Å². The lowest BCUT2D eigenvalue weighted by atomic mass is 9.98. The Kier molecular flexibility index (Phi) is 5.67. The summed E-state index contributed by atoms with van der Waals surface area (Å²) in [5.74, 6) is 0.982. The van der Waals surface area contributed by atoms with Gasteiger partial charge in [-0.2, -0.15) is 0 Å². The minimum Gasteiger partial charge on any atom is -0.496 e. The molecule has 2 nitrogen and oxygen atoms in total. The van der Waals surface area contributed by atoms with Crippen molar-refractivity contribution in [3.05, 3.63) is 29.3 Å². The summed E-state index contributed by atoms with van der Waals surface area (Å²) in [5.41, 5.74) is 2.09. The van der Waals surface area contributed by atoms with Crippen molar-refractivity contribution in [3.63, 3.8) is 0 Å². The van der Waals surface area contributed by atoms with Gasteiger partial charge < -0.3 is 9.84 Å². The third-order valence-corrected chi connectivity index (χ3v) is 3.24. The summed E-state index contributed by atoms with van der Waals surface area (Å²) in [7, 11) is 1.72. The van der Waals surface area contributed by atoms with Crippen molar-refractivity contribution in [2.24, 2.45) is 0 Å². The largest absolute Gasteiger partial charge is 0.496 e. The second-order valence-electron chi connectivity index (χ2n) is 5.52. The van der Waals surface area contributed by atoms with Gasteiger partial charge in [0, 0.05) is 0 Å². The number of ether oxygens (including phenoxy) is 1. The fourth-order valence-electron chi connectivity index (χ4n) is 2.12. The van der Waals surface area contributed by atoms with Gasteiger partial charge in [-0.1, -0.05) is 25.5 Å². The predicted molar refractivity (Wildman–Crippen MR) is 76.2 cm³/mol. The minimum atomic E-state index is -0.546. The first-order valence-electron chi connectivity index (χ1n) is 6.84. The number of benzene rings is 1. The van der Waals surface area contributed by atoms with Gasteiger partial charge >= 0.3 is 0 Å². The highest BCUT2D eigenvalue weighted by molar-refractivity contribution is 5.37. The molecule has 2 heteroatoms. The molecule has 1 N–H and O–H groups in total. The maximum atomic E-state index is 9.67. The molecule has 0 unspecified atom stereocenters. The molecular formula is C16H26O2. The Labute approximate surface area is 111 Å². The van der Waals surface area contributed by atoms with Gasteiger partial charge in [-0.15, -0.1) is 0 Å². The summed E-state index contributed by atoms with van der Waals surface area (Å²) in [6.07, 6.45) is 5.06. The van der Waals surface area contributed by atoms with Crippen molar-refractivity contribution in [3.8, 4) is 5.75 Å². The third kappa shape index (κ3) is 5.09. The van der Waals surface area contributed by atoms with E-state index in [1.165, 1.54) is 11.1 Å². The van der Waals surface area contributed by atoms with Crippen LogP contribution in [0.4, 0.5) is 0 Å². The number of unbranched alkanes of at least 4 members (excludes halogenated alkanes) is 1. The fraction of sp³-hybridized carbons (Fsp3) is 0.625. The average molecular weight is 250 g/mol. The first-order chi connectivity index (χ1) is 8.46. The molecule has 0 aliphatic heterocycles. The van der Waals surface area contributed by atoms with Crippen LogP contribution in [-0.4, -0.2) is 17.8 Å². The highest BCUT2D eigenvalue weighted by atomic mass is 16.5. The summed E-state index contributed by atoms with van der Waals surface area (Å²) in [6.45, 7) is 5.90. The molecule has 0 saturated heterocycles. The number of aliphatic hydroxyl groups is 1. The molecule has 0 aromatic heterocycles. The van der Waals surface area contributed by atoms with Gasteiger partial charge in [-0.05, 0) is 56.7 Å². The van der Waals surface area contributed by atoms with Crippen LogP contribution in [-0.2, 0) is 12.8 Å². The van der Waals surface area contributed by atoms with Gasteiger partial charge in [0.2, 0.25) is 0 Å². The molecule has 0 amide bonds. The number of hydrogen-bond donors (Lipinski definition) is 1. The van der Waals surface area contributed by atoms with E-state index in [1.54, 1.807) is 7.11 Å². The van der Waals surface area contributed by atoms with Crippen LogP contribution in [0.5, 0.6) is 5.75 Å². The van der Waals surface area contributed by atoms with E-state index in [2.05, 4.69) is 25.1 Å². The molecule has 1 aromatic rings. The molecule has 1 aromatic carbocycles. The first kappa shape index (κ1) is 15.0. The Morgan fingerprint density at radius 1 is 1.22 bits per heavy atom. The molecule has 0 atom stereocenters. The number of aryl methyl sites for hydroxylation is 2. The van der Waals surface area contributed by atoms with E-state index in [-0.39, 0.29) is 0 Å². The van der Waals surface area contributed by atoms with E-state index >= 15 is 0 Å². The molecular weight excluding hydrogens is 224 g/mol. The molecule has 18 heavy (non-hydrogen) atoms. The van der Waals surface area contributed by atoms with Crippen LogP contribution in [0.1, 0.15) is 51.2 Å². The Bertz CT molecular complexity index is 364. The zero-order valence-corrected chi connectivity index (χ0v) is 12.1. The Balaban J connectivity index is 2.54. The summed E-state index contributed by atoms with van der Waals surface area (Å²) in [5, 5.41) is 9.67. The summed E-state index contributed by atoms with van der Waals surface area (Å²) < 4.78 is 5.39. The lowest BCUT2D eigenvalue weighted by molar-refractivity contribution is 0.0682. The number of rotatable bonds is 7. The minimum absolute atomic E-state index is 0.546. The van der Waals surface area contributed by atoms with Crippen molar-refractivity contribution in [2.75, 3.05) is 7.11 Å². The van der Waals surface area contributed by atoms with E-state index in [9.17, 15) is 5.11 Å². The zero-order valence-electron chi connectivity index (χ0n) is 12.1. The number of methoxy groups -OCH3 is 1. The number of hydrogen-bond acceptors (Lipinski definition) is 2. The highest BCUT2D eigenvalue weighted by Gasteiger charge is 2.11. The monoisotopic (exact) mass is 250 g/mol. The van der Waals surface area contributed by atoms with Gasteiger partial charge in [0.05, 0.1) is 12.7 Å². The van der Waals surface area contributed by atoms with Crippen molar-refractivity contribution >= 4 is 0 Å². The normalized spacial score (nSPS) is 11.6. The quantitative estimate of drug-likeness (QED) is 0.747. The van der Waals surface area contributed by atoms with Crippen LogP contribution >= 0.6 is 0 Å². The van der Waals surface area contributed by atoms with E-state index in [1.807, 2.05) is 13.8 Å². The van der Waals surface area contributed by atoms with E-state index in [0.29, 0.717) is 0 Å². The second kappa shape index (κ2) is 6.79. The predicted octanol–water partition coefficient (Wildman–Crippen LogP) is 3.74. The van der Waals surface area contributed by atoms with E-state index in [4.69, 9.17) is 4.74 Å². The van der Waals surface area contributed by atoms with Gasteiger partial charge in [0.1, 0.15) is 5.75 Å². The molecule has 1 rings (SSSR count). The van der Waals surface area contributed by atoms with Crippen LogP contribution < -0.4 is 4.74 Å². The average Bonchev–Trinajstić information content (AvgIpc) is 2.33. The first-order valence-corrected chi connectivity index (χ1v) is 6.84. The molecule has 0 spiro atoms. The SMILES string of the molecule is CCc1ccc(OC)c(CCCCC(C)(C)O)c1. The lowest BCUT2D eigenvalue weighted by Gasteiger charge is -2.16. The smallest absolute Gasteiger partial charge is 0.122 e. The Morgan fingerprint density at radius 2 is 1.94 bits per heavy atom. The van der Waals surface area contributed by atoms with Crippen LogP contribution in [0.25, 0.3) is 0 Å². The lowest BCUT2D eigenvalue weighted by Crippen LogP contribution is -2.17. The van der Waals surface area contributed by atoms with Crippen molar-refractivity contribution in [1.29, 1.82) is 0 Å². The standard InChI is InChI=1S/C16H26O2/c1-5-13-9-10-15(18-4)14(12-13)8-6-7-11-16(2,3)17/h9-10,12,17H,5-8,11H2,1-4H3. The summed E-state index contributed by atoms with van der Waals surface area (Å²) in [4.78, 5) is 0. The summed E-state index contributed by atoms with van der Waals surface area (Å²) in [6, 6.07) is 6.42. The molecule has 0 bridgehead atoms. The fourth-order valence-corrected chi connectivity index (χ4v) is 2.12. The molecule has 0 heterocycles. The molecule has 0 fully saturated rings. The maximum Gasteiger partial charge on any atom is 0.122 e.